The molecule has 0 atom stereocenters. The molecule has 3 heterocycles. The van der Waals surface area contributed by atoms with Gasteiger partial charge in [-0.25, -0.2) is 4.98 Å². The summed E-state index contributed by atoms with van der Waals surface area (Å²) in [5.41, 5.74) is 6.49. The number of hydrogen-bond acceptors (Lipinski definition) is 5. The molecule has 0 spiro atoms. The van der Waals surface area contributed by atoms with Crippen LogP contribution in [0, 0.1) is 0 Å². The van der Waals surface area contributed by atoms with Crippen LogP contribution in [0.1, 0.15) is 12.8 Å². The number of anilines is 3. The Balaban J connectivity index is 0.00000107. The number of carboxylic acid groups (broad SMARTS) is 1. The highest BCUT2D eigenvalue weighted by molar-refractivity contribution is 7.64. The van der Waals surface area contributed by atoms with Gasteiger partial charge < -0.3 is 25.2 Å². The number of H-pyrrole nitrogens is 1. The van der Waals surface area contributed by atoms with Crippen molar-refractivity contribution in [1.82, 2.24) is 14.9 Å². The van der Waals surface area contributed by atoms with Gasteiger partial charge in [-0.1, -0.05) is 37.7 Å². The van der Waals surface area contributed by atoms with Crippen molar-refractivity contribution in [2.45, 2.75) is 18.9 Å². The SMILES string of the molecule is CN(C)C1CCN(c2ccc(-c3cc4c(Nc5cccc(Cl)c5P(C)C)ccnc4[nH]3)cc2)CC1.O=CO. The second kappa shape index (κ2) is 12.6. The Bertz CT molecular complexity index is 1370. The first-order valence-electron chi connectivity index (χ1n) is 12.6. The molecule has 5 rings (SSSR count). The molecule has 7 nitrogen and oxygen atoms in total. The molecular formula is C29H35ClN5O2P. The van der Waals surface area contributed by atoms with Crippen LogP contribution in [0.3, 0.4) is 0 Å². The number of piperidine rings is 1. The number of aromatic amines is 1. The van der Waals surface area contributed by atoms with E-state index < -0.39 is 0 Å². The van der Waals surface area contributed by atoms with Gasteiger partial charge in [0, 0.05) is 53.1 Å². The lowest BCUT2D eigenvalue weighted by Crippen LogP contribution is -2.41. The minimum Gasteiger partial charge on any atom is -0.483 e. The maximum absolute atomic E-state index is 8.36. The van der Waals surface area contributed by atoms with Gasteiger partial charge in [-0.3, -0.25) is 4.79 Å². The highest BCUT2D eigenvalue weighted by Gasteiger charge is 2.21. The van der Waals surface area contributed by atoms with Crippen molar-refractivity contribution in [3.63, 3.8) is 0 Å². The number of aromatic nitrogens is 2. The third-order valence-electron chi connectivity index (χ3n) is 6.97. The predicted octanol–water partition coefficient (Wildman–Crippen LogP) is 6.22. The van der Waals surface area contributed by atoms with Gasteiger partial charge in [-0.2, -0.15) is 0 Å². The lowest BCUT2D eigenvalue weighted by molar-refractivity contribution is -0.122. The largest absolute Gasteiger partial charge is 0.483 e. The molecule has 0 aliphatic carbocycles. The maximum Gasteiger partial charge on any atom is 0.290 e. The fourth-order valence-electron chi connectivity index (χ4n) is 5.00. The summed E-state index contributed by atoms with van der Waals surface area (Å²) in [5.74, 6) is 0. The molecular weight excluding hydrogens is 517 g/mol. The van der Waals surface area contributed by atoms with E-state index >= 15 is 0 Å². The van der Waals surface area contributed by atoms with Crippen LogP contribution in [0.4, 0.5) is 17.1 Å². The fourth-order valence-corrected chi connectivity index (χ4v) is 6.80. The molecule has 0 saturated carbocycles. The fraction of sp³-hybridized carbons (Fsp3) is 0.310. The number of nitrogens with one attached hydrogen (secondary N) is 2. The normalized spacial score (nSPS) is 14.0. The van der Waals surface area contributed by atoms with E-state index in [0.717, 1.165) is 51.8 Å². The lowest BCUT2D eigenvalue weighted by Gasteiger charge is -2.36. The Morgan fingerprint density at radius 3 is 2.42 bits per heavy atom. The molecule has 3 N–H and O–H groups in total. The summed E-state index contributed by atoms with van der Waals surface area (Å²) in [4.78, 5) is 21.3. The Morgan fingerprint density at radius 2 is 1.79 bits per heavy atom. The average Bonchev–Trinajstić information content (AvgIpc) is 3.35. The number of halogens is 1. The van der Waals surface area contributed by atoms with Gasteiger partial charge in [0.15, 0.2) is 0 Å². The van der Waals surface area contributed by atoms with E-state index in [2.05, 4.69) is 88.9 Å². The van der Waals surface area contributed by atoms with Gasteiger partial charge in [-0.15, -0.1) is 0 Å². The molecule has 1 saturated heterocycles. The molecule has 2 aromatic heterocycles. The van der Waals surface area contributed by atoms with Crippen LogP contribution in [0.2, 0.25) is 5.02 Å². The monoisotopic (exact) mass is 551 g/mol. The summed E-state index contributed by atoms with van der Waals surface area (Å²) in [7, 11) is 4.02. The Morgan fingerprint density at radius 1 is 1.11 bits per heavy atom. The van der Waals surface area contributed by atoms with E-state index in [1.807, 2.05) is 24.4 Å². The van der Waals surface area contributed by atoms with Gasteiger partial charge in [0.05, 0.1) is 10.7 Å². The molecule has 0 unspecified atom stereocenters. The van der Waals surface area contributed by atoms with Crippen LogP contribution < -0.4 is 15.5 Å². The zero-order chi connectivity index (χ0) is 27.2. The van der Waals surface area contributed by atoms with Gasteiger partial charge >= 0.3 is 0 Å². The van der Waals surface area contributed by atoms with Crippen LogP contribution in [-0.2, 0) is 4.79 Å². The summed E-state index contributed by atoms with van der Waals surface area (Å²) in [6.07, 6.45) is 4.27. The van der Waals surface area contributed by atoms with Crippen molar-refractivity contribution in [3.05, 3.63) is 65.8 Å². The second-order valence-electron chi connectivity index (χ2n) is 9.79. The van der Waals surface area contributed by atoms with Crippen LogP contribution in [-0.4, -0.2) is 73.0 Å². The number of hydrogen-bond donors (Lipinski definition) is 3. The number of fused-ring (bicyclic) bond motifs is 1. The highest BCUT2D eigenvalue weighted by Crippen LogP contribution is 2.36. The molecule has 1 aliphatic heterocycles. The molecule has 1 fully saturated rings. The van der Waals surface area contributed by atoms with Crippen LogP contribution in [0.25, 0.3) is 22.3 Å². The third kappa shape index (κ3) is 6.29. The van der Waals surface area contributed by atoms with E-state index in [1.165, 1.54) is 23.8 Å². The summed E-state index contributed by atoms with van der Waals surface area (Å²) in [5, 5.41) is 13.6. The van der Waals surface area contributed by atoms with Crippen molar-refractivity contribution in [2.75, 3.05) is 50.7 Å². The molecule has 1 aliphatic rings. The number of pyridine rings is 1. The van der Waals surface area contributed by atoms with E-state index in [9.17, 15) is 0 Å². The van der Waals surface area contributed by atoms with Crippen molar-refractivity contribution in [3.8, 4) is 11.3 Å². The summed E-state index contributed by atoms with van der Waals surface area (Å²) < 4.78 is 0. The minimum absolute atomic E-state index is 0.250. The van der Waals surface area contributed by atoms with Gasteiger partial charge in [0.2, 0.25) is 0 Å². The van der Waals surface area contributed by atoms with Crippen molar-refractivity contribution < 1.29 is 9.90 Å². The summed E-state index contributed by atoms with van der Waals surface area (Å²) >= 11 is 6.53. The Hall–Kier alpha value is -3.12. The van der Waals surface area contributed by atoms with Crippen LogP contribution >= 0.6 is 19.5 Å². The molecule has 4 aromatic rings. The maximum atomic E-state index is 8.36. The first-order chi connectivity index (χ1) is 18.3. The molecule has 2 aromatic carbocycles. The molecule has 9 heteroatoms. The Labute approximate surface area is 230 Å². The number of rotatable bonds is 6. The van der Waals surface area contributed by atoms with E-state index in [-0.39, 0.29) is 14.4 Å². The average molecular weight is 552 g/mol. The first kappa shape index (κ1) is 27.9. The molecule has 0 radical (unpaired) electrons. The Kier molecular flexibility index (Phi) is 9.26. The first-order valence-corrected chi connectivity index (χ1v) is 15.2. The quantitative estimate of drug-likeness (QED) is 0.195. The van der Waals surface area contributed by atoms with Crippen LogP contribution in [0.5, 0.6) is 0 Å². The lowest BCUT2D eigenvalue weighted by atomic mass is 10.0. The third-order valence-corrected chi connectivity index (χ3v) is 8.80. The van der Waals surface area contributed by atoms with Gasteiger partial charge in [0.25, 0.3) is 6.47 Å². The van der Waals surface area contributed by atoms with E-state index in [0.29, 0.717) is 6.04 Å². The molecule has 38 heavy (non-hydrogen) atoms. The van der Waals surface area contributed by atoms with Crippen molar-refractivity contribution in [2.24, 2.45) is 0 Å². The molecule has 200 valence electrons. The zero-order valence-corrected chi connectivity index (χ0v) is 23.9. The van der Waals surface area contributed by atoms with Gasteiger partial charge in [0.1, 0.15) is 5.65 Å². The predicted molar refractivity (Wildman–Crippen MR) is 162 cm³/mol. The van der Waals surface area contributed by atoms with E-state index in [1.54, 1.807) is 0 Å². The second-order valence-corrected chi connectivity index (χ2v) is 12.4. The van der Waals surface area contributed by atoms with Gasteiger partial charge in [-0.05, 0) is 82.2 Å². The minimum atomic E-state index is -0.347. The zero-order valence-electron chi connectivity index (χ0n) is 22.3. The van der Waals surface area contributed by atoms with Crippen LogP contribution in [0.15, 0.2) is 60.8 Å². The molecule has 0 bridgehead atoms. The number of benzene rings is 2. The van der Waals surface area contributed by atoms with Crippen molar-refractivity contribution >= 4 is 59.4 Å². The highest BCUT2D eigenvalue weighted by atomic mass is 35.5. The number of carbonyl (C=O) groups is 1. The topological polar surface area (TPSA) is 84.5 Å². The summed E-state index contributed by atoms with van der Waals surface area (Å²) in [6, 6.07) is 19.9. The van der Waals surface area contributed by atoms with Crippen molar-refractivity contribution in [1.29, 1.82) is 0 Å². The smallest absolute Gasteiger partial charge is 0.290 e. The van der Waals surface area contributed by atoms with E-state index in [4.69, 9.17) is 21.5 Å². The summed E-state index contributed by atoms with van der Waals surface area (Å²) in [6.45, 7) is 6.42. The number of nitrogens with zero attached hydrogens (tertiary/aromatic N) is 3. The standard InChI is InChI=1S/C28H33ClN5P.CH2O2/c1-33(2)20-13-16-34(17-14-20)21-10-8-19(9-11-21)26-18-22-24(12-15-30-28(22)32-26)31-25-7-5-6-23(29)27(25)35(3)4;2-1-3/h5-12,15,18,20H,13-14,16-17H2,1-4H3,(H2,30,31,32);1H,(H,2,3). The molecule has 0 amide bonds.